The van der Waals surface area contributed by atoms with Gasteiger partial charge < -0.3 is 11.1 Å². The quantitative estimate of drug-likeness (QED) is 0.409. The molecule has 4 rings (SSSR count). The molecule has 0 aliphatic heterocycles. The maximum atomic E-state index is 13.3. The Hall–Kier alpha value is -3.23. The number of hydrogen-bond acceptors (Lipinski definition) is 4. The first-order valence-electron chi connectivity index (χ1n) is 9.41. The van der Waals surface area contributed by atoms with Crippen LogP contribution in [0.2, 0.25) is 5.02 Å². The SMILES string of the molecule is CCn1ncc(NC(=O)c2cc(-c3ccccc3Cl)nc3ccc(Br)cc23)c1C(N)=O. The number of benzene rings is 2. The highest BCUT2D eigenvalue weighted by Crippen LogP contribution is 2.31. The molecule has 2 amide bonds. The predicted octanol–water partition coefficient (Wildman–Crippen LogP) is 4.89. The molecule has 7 nitrogen and oxygen atoms in total. The van der Waals surface area contributed by atoms with Crippen LogP contribution in [0.25, 0.3) is 22.2 Å². The van der Waals surface area contributed by atoms with Gasteiger partial charge in [-0.1, -0.05) is 45.7 Å². The van der Waals surface area contributed by atoms with E-state index in [1.54, 1.807) is 12.1 Å². The number of amides is 2. The van der Waals surface area contributed by atoms with Crippen molar-refractivity contribution in [2.24, 2.45) is 5.73 Å². The number of anilines is 1. The van der Waals surface area contributed by atoms with Gasteiger partial charge in [0.25, 0.3) is 11.8 Å². The van der Waals surface area contributed by atoms with Crippen LogP contribution in [0.1, 0.15) is 27.8 Å². The van der Waals surface area contributed by atoms with E-state index in [0.29, 0.717) is 39.3 Å². The fourth-order valence-corrected chi connectivity index (χ4v) is 3.95. The van der Waals surface area contributed by atoms with Crippen LogP contribution in [0, 0.1) is 0 Å². The van der Waals surface area contributed by atoms with E-state index in [9.17, 15) is 9.59 Å². The molecular weight excluding hydrogens is 482 g/mol. The van der Waals surface area contributed by atoms with Gasteiger partial charge in [0.2, 0.25) is 0 Å². The number of halogens is 2. The van der Waals surface area contributed by atoms with Crippen molar-refractivity contribution in [1.29, 1.82) is 0 Å². The Morgan fingerprint density at radius 1 is 1.19 bits per heavy atom. The molecule has 0 radical (unpaired) electrons. The first kappa shape index (κ1) is 21.0. The minimum absolute atomic E-state index is 0.140. The lowest BCUT2D eigenvalue weighted by atomic mass is 10.0. The number of hydrogen-bond donors (Lipinski definition) is 2. The number of nitrogens with two attached hydrogens (primary N) is 1. The summed E-state index contributed by atoms with van der Waals surface area (Å²) in [6.45, 7) is 2.27. The van der Waals surface area contributed by atoms with Crippen LogP contribution < -0.4 is 11.1 Å². The summed E-state index contributed by atoms with van der Waals surface area (Å²) in [5.74, 6) is -1.09. The van der Waals surface area contributed by atoms with Crippen molar-refractivity contribution in [3.8, 4) is 11.3 Å². The van der Waals surface area contributed by atoms with Gasteiger partial charge in [-0.25, -0.2) is 4.98 Å². The average Bonchev–Trinajstić information content (AvgIpc) is 3.16. The minimum atomic E-state index is -0.672. The summed E-state index contributed by atoms with van der Waals surface area (Å²) in [5, 5.41) is 8.06. The van der Waals surface area contributed by atoms with Gasteiger partial charge in [0, 0.05) is 27.0 Å². The van der Waals surface area contributed by atoms with Gasteiger partial charge in [0.1, 0.15) is 5.69 Å². The Labute approximate surface area is 191 Å². The Morgan fingerprint density at radius 2 is 1.97 bits per heavy atom. The van der Waals surface area contributed by atoms with Crippen LogP contribution in [-0.2, 0) is 6.54 Å². The summed E-state index contributed by atoms with van der Waals surface area (Å²) in [4.78, 5) is 29.9. The van der Waals surface area contributed by atoms with Crippen molar-refractivity contribution < 1.29 is 9.59 Å². The van der Waals surface area contributed by atoms with Gasteiger partial charge in [-0.2, -0.15) is 5.10 Å². The van der Waals surface area contributed by atoms with Gasteiger partial charge in [-0.15, -0.1) is 0 Å². The van der Waals surface area contributed by atoms with Crippen molar-refractivity contribution in [1.82, 2.24) is 14.8 Å². The van der Waals surface area contributed by atoms with Crippen molar-refractivity contribution in [2.75, 3.05) is 5.32 Å². The number of carbonyl (C=O) groups excluding carboxylic acids is 2. The maximum Gasteiger partial charge on any atom is 0.269 e. The molecule has 156 valence electrons. The van der Waals surface area contributed by atoms with E-state index in [1.807, 2.05) is 43.3 Å². The molecule has 3 N–H and O–H groups in total. The Balaban J connectivity index is 1.85. The topological polar surface area (TPSA) is 103 Å². The monoisotopic (exact) mass is 497 g/mol. The molecular formula is C22H17BrClN5O2. The minimum Gasteiger partial charge on any atom is -0.364 e. The molecule has 0 fully saturated rings. The lowest BCUT2D eigenvalue weighted by Gasteiger charge is -2.12. The molecule has 2 aromatic carbocycles. The predicted molar refractivity (Wildman–Crippen MR) is 124 cm³/mol. The molecule has 0 aliphatic rings. The summed E-state index contributed by atoms with van der Waals surface area (Å²) >= 11 is 9.81. The van der Waals surface area contributed by atoms with Crippen LogP contribution >= 0.6 is 27.5 Å². The smallest absolute Gasteiger partial charge is 0.269 e. The molecule has 9 heteroatoms. The summed E-state index contributed by atoms with van der Waals surface area (Å²) in [5.41, 5.74) is 8.16. The number of fused-ring (bicyclic) bond motifs is 1. The fraction of sp³-hybridized carbons (Fsp3) is 0.0909. The van der Waals surface area contributed by atoms with E-state index < -0.39 is 11.8 Å². The summed E-state index contributed by atoms with van der Waals surface area (Å²) in [7, 11) is 0. The Bertz CT molecular complexity index is 1330. The zero-order chi connectivity index (χ0) is 22.1. The number of aryl methyl sites for hydroxylation is 1. The Morgan fingerprint density at radius 3 is 2.68 bits per heavy atom. The normalized spacial score (nSPS) is 10.9. The van der Waals surface area contributed by atoms with Crippen molar-refractivity contribution in [2.45, 2.75) is 13.5 Å². The van der Waals surface area contributed by atoms with E-state index in [1.165, 1.54) is 10.9 Å². The van der Waals surface area contributed by atoms with Gasteiger partial charge in [0.05, 0.1) is 28.7 Å². The highest BCUT2D eigenvalue weighted by molar-refractivity contribution is 9.10. The highest BCUT2D eigenvalue weighted by atomic mass is 79.9. The Kier molecular flexibility index (Phi) is 5.75. The lowest BCUT2D eigenvalue weighted by molar-refractivity contribution is 0.0991. The molecule has 4 aromatic rings. The van der Waals surface area contributed by atoms with Crippen molar-refractivity contribution in [3.63, 3.8) is 0 Å². The maximum absolute atomic E-state index is 13.3. The largest absolute Gasteiger partial charge is 0.364 e. The molecule has 31 heavy (non-hydrogen) atoms. The van der Waals surface area contributed by atoms with Crippen LogP contribution in [0.4, 0.5) is 5.69 Å². The van der Waals surface area contributed by atoms with Crippen LogP contribution in [0.15, 0.2) is 59.2 Å². The van der Waals surface area contributed by atoms with Crippen molar-refractivity contribution >= 4 is 55.9 Å². The molecule has 0 aliphatic carbocycles. The molecule has 0 atom stereocenters. The third-order valence-corrected chi connectivity index (χ3v) is 5.61. The van der Waals surface area contributed by atoms with Gasteiger partial charge in [0.15, 0.2) is 0 Å². The number of primary amides is 1. The second kappa shape index (κ2) is 8.49. The number of pyridine rings is 1. The molecule has 0 spiro atoms. The van der Waals surface area contributed by atoms with E-state index in [-0.39, 0.29) is 11.4 Å². The number of aromatic nitrogens is 3. The lowest BCUT2D eigenvalue weighted by Crippen LogP contribution is -2.21. The first-order chi connectivity index (χ1) is 14.9. The third kappa shape index (κ3) is 4.04. The van der Waals surface area contributed by atoms with Crippen molar-refractivity contribution in [3.05, 3.63) is 75.5 Å². The number of carbonyl (C=O) groups is 2. The molecule has 0 saturated carbocycles. The summed E-state index contributed by atoms with van der Waals surface area (Å²) in [6, 6.07) is 14.5. The zero-order valence-corrected chi connectivity index (χ0v) is 18.7. The van der Waals surface area contributed by atoms with Gasteiger partial charge in [-0.05, 0) is 37.3 Å². The average molecular weight is 499 g/mol. The number of nitrogens with zero attached hydrogens (tertiary/aromatic N) is 3. The summed E-state index contributed by atoms with van der Waals surface area (Å²) < 4.78 is 2.24. The van der Waals surface area contributed by atoms with Gasteiger partial charge in [-0.3, -0.25) is 14.3 Å². The van der Waals surface area contributed by atoms with Crippen LogP contribution in [-0.4, -0.2) is 26.6 Å². The fourth-order valence-electron chi connectivity index (χ4n) is 3.36. The van der Waals surface area contributed by atoms with E-state index >= 15 is 0 Å². The zero-order valence-electron chi connectivity index (χ0n) is 16.4. The standard InChI is InChI=1S/C22H17BrClN5O2/c1-2-29-20(21(25)30)19(11-26-29)28-22(31)15-10-18(13-5-3-4-6-16(13)24)27-17-8-7-12(23)9-14(15)17/h3-11H,2H2,1H3,(H2,25,30)(H,28,31). The third-order valence-electron chi connectivity index (χ3n) is 4.79. The van der Waals surface area contributed by atoms with E-state index in [2.05, 4.69) is 31.3 Å². The molecule has 2 aromatic heterocycles. The first-order valence-corrected chi connectivity index (χ1v) is 10.6. The highest BCUT2D eigenvalue weighted by Gasteiger charge is 2.20. The molecule has 0 bridgehead atoms. The second-order valence-corrected chi connectivity index (χ2v) is 8.06. The number of nitrogens with one attached hydrogen (secondary N) is 1. The van der Waals surface area contributed by atoms with Gasteiger partial charge >= 0.3 is 0 Å². The molecule has 2 heterocycles. The van der Waals surface area contributed by atoms with E-state index in [4.69, 9.17) is 17.3 Å². The molecule has 0 unspecified atom stereocenters. The van der Waals surface area contributed by atoms with E-state index in [0.717, 1.165) is 4.47 Å². The van der Waals surface area contributed by atoms with Crippen LogP contribution in [0.3, 0.4) is 0 Å². The molecule has 0 saturated heterocycles. The second-order valence-electron chi connectivity index (χ2n) is 6.74. The summed E-state index contributed by atoms with van der Waals surface area (Å²) in [6.07, 6.45) is 1.41. The number of rotatable bonds is 5. The van der Waals surface area contributed by atoms with Crippen LogP contribution in [0.5, 0.6) is 0 Å².